The number of anilines is 1. The fourth-order valence-corrected chi connectivity index (χ4v) is 2.70. The Hall–Kier alpha value is -2.55. The van der Waals surface area contributed by atoms with Gasteiger partial charge in [-0.15, -0.1) is 0 Å². The molecular formula is C19H20N2O. The topological polar surface area (TPSA) is 44.9 Å². The van der Waals surface area contributed by atoms with E-state index < -0.39 is 0 Å². The Kier molecular flexibility index (Phi) is 4.24. The first-order valence-electron chi connectivity index (χ1n) is 7.71. The molecule has 3 heteroatoms. The number of para-hydroxylation sites is 1. The Labute approximate surface area is 130 Å². The van der Waals surface area contributed by atoms with Gasteiger partial charge >= 0.3 is 0 Å². The molecule has 1 aromatic heterocycles. The summed E-state index contributed by atoms with van der Waals surface area (Å²) in [4.78, 5) is 15.5. The van der Waals surface area contributed by atoms with Crippen molar-refractivity contribution in [2.24, 2.45) is 0 Å². The third-order valence-corrected chi connectivity index (χ3v) is 3.75. The minimum absolute atomic E-state index is 0.0709. The average Bonchev–Trinajstić information content (AvgIpc) is 2.86. The average molecular weight is 292 g/mol. The van der Waals surface area contributed by atoms with Crippen LogP contribution in [0, 0.1) is 0 Å². The van der Waals surface area contributed by atoms with E-state index >= 15 is 0 Å². The van der Waals surface area contributed by atoms with Crippen LogP contribution in [0.1, 0.15) is 31.0 Å². The first-order chi connectivity index (χ1) is 10.8. The second-order valence-electron chi connectivity index (χ2n) is 5.48. The van der Waals surface area contributed by atoms with Crippen molar-refractivity contribution in [3.05, 3.63) is 65.9 Å². The van der Waals surface area contributed by atoms with E-state index in [0.717, 1.165) is 35.1 Å². The molecule has 1 amide bonds. The molecule has 0 aliphatic carbocycles. The van der Waals surface area contributed by atoms with Crippen molar-refractivity contribution in [2.75, 3.05) is 5.32 Å². The van der Waals surface area contributed by atoms with E-state index in [1.54, 1.807) is 0 Å². The quantitative estimate of drug-likeness (QED) is 0.714. The van der Waals surface area contributed by atoms with Gasteiger partial charge in [0.1, 0.15) is 0 Å². The van der Waals surface area contributed by atoms with Gasteiger partial charge in [-0.1, -0.05) is 55.5 Å². The molecule has 1 heterocycles. The summed E-state index contributed by atoms with van der Waals surface area (Å²) in [5, 5.41) is 4.15. The van der Waals surface area contributed by atoms with Gasteiger partial charge in [-0.25, -0.2) is 0 Å². The number of H-pyrrole nitrogens is 1. The number of aromatic nitrogens is 1. The number of rotatable bonds is 5. The highest BCUT2D eigenvalue weighted by Crippen LogP contribution is 2.29. The smallest absolute Gasteiger partial charge is 0.224 e. The molecular weight excluding hydrogens is 272 g/mol. The van der Waals surface area contributed by atoms with Gasteiger partial charge in [0.2, 0.25) is 5.91 Å². The Balaban J connectivity index is 1.99. The van der Waals surface area contributed by atoms with Gasteiger partial charge < -0.3 is 10.3 Å². The van der Waals surface area contributed by atoms with Crippen LogP contribution in [-0.2, 0) is 11.2 Å². The molecule has 0 fully saturated rings. The fourth-order valence-electron chi connectivity index (χ4n) is 2.70. The molecule has 0 aliphatic heterocycles. The van der Waals surface area contributed by atoms with E-state index in [-0.39, 0.29) is 5.91 Å². The second kappa shape index (κ2) is 6.48. The van der Waals surface area contributed by atoms with Gasteiger partial charge in [-0.2, -0.15) is 0 Å². The van der Waals surface area contributed by atoms with Crippen molar-refractivity contribution >= 4 is 22.5 Å². The predicted octanol–water partition coefficient (Wildman–Crippen LogP) is 4.50. The van der Waals surface area contributed by atoms with Crippen LogP contribution in [0.5, 0.6) is 0 Å². The molecule has 0 atom stereocenters. The molecule has 0 radical (unpaired) electrons. The number of amides is 1. The highest BCUT2D eigenvalue weighted by Gasteiger charge is 2.13. The number of carbonyl (C=O) groups excluding carboxylic acids is 1. The lowest BCUT2D eigenvalue weighted by Crippen LogP contribution is -2.11. The van der Waals surface area contributed by atoms with Gasteiger partial charge in [0, 0.05) is 29.4 Å². The summed E-state index contributed by atoms with van der Waals surface area (Å²) in [5.41, 5.74) is 4.25. The normalized spacial score (nSPS) is 10.8. The van der Waals surface area contributed by atoms with Crippen LogP contribution >= 0.6 is 0 Å². The van der Waals surface area contributed by atoms with Crippen LogP contribution in [0.15, 0.2) is 54.6 Å². The molecule has 0 saturated heterocycles. The third-order valence-electron chi connectivity index (χ3n) is 3.75. The van der Waals surface area contributed by atoms with Crippen molar-refractivity contribution in [3.8, 4) is 0 Å². The summed E-state index contributed by atoms with van der Waals surface area (Å²) in [6, 6.07) is 18.4. The molecule has 22 heavy (non-hydrogen) atoms. The second-order valence-corrected chi connectivity index (χ2v) is 5.48. The molecule has 3 rings (SSSR count). The van der Waals surface area contributed by atoms with Crippen molar-refractivity contribution in [3.63, 3.8) is 0 Å². The van der Waals surface area contributed by atoms with E-state index in [9.17, 15) is 4.79 Å². The monoisotopic (exact) mass is 292 g/mol. The highest BCUT2D eigenvalue weighted by molar-refractivity contribution is 6.03. The summed E-state index contributed by atoms with van der Waals surface area (Å²) in [7, 11) is 0. The third kappa shape index (κ3) is 3.03. The summed E-state index contributed by atoms with van der Waals surface area (Å²) < 4.78 is 0. The van der Waals surface area contributed by atoms with E-state index in [1.807, 2.05) is 49.4 Å². The maximum atomic E-state index is 12.0. The molecule has 0 unspecified atom stereocenters. The molecule has 3 nitrogen and oxygen atoms in total. The van der Waals surface area contributed by atoms with E-state index in [1.165, 1.54) is 5.56 Å². The first kappa shape index (κ1) is 14.4. The molecule has 0 saturated carbocycles. The molecule has 3 aromatic rings. The van der Waals surface area contributed by atoms with Crippen LogP contribution in [0.3, 0.4) is 0 Å². The number of benzene rings is 2. The van der Waals surface area contributed by atoms with E-state index in [2.05, 4.69) is 22.4 Å². The molecule has 0 bridgehead atoms. The Morgan fingerprint density at radius 2 is 1.77 bits per heavy atom. The summed E-state index contributed by atoms with van der Waals surface area (Å²) in [6.45, 7) is 2.01. The van der Waals surface area contributed by atoms with Gasteiger partial charge in [-0.05, 0) is 18.1 Å². The number of nitrogens with one attached hydrogen (secondary N) is 2. The lowest BCUT2D eigenvalue weighted by Gasteiger charge is -2.07. The standard InChI is InChI=1S/C19H20N2O/c1-2-8-18(22)21-19-15-11-6-7-12-16(15)20-17(19)13-14-9-4-3-5-10-14/h3-7,9-12,20H,2,8,13H2,1H3,(H,21,22). The van der Waals surface area contributed by atoms with Crippen LogP contribution < -0.4 is 5.32 Å². The largest absolute Gasteiger partial charge is 0.356 e. The summed E-state index contributed by atoms with van der Waals surface area (Å²) in [6.07, 6.45) is 2.17. The highest BCUT2D eigenvalue weighted by atomic mass is 16.1. The van der Waals surface area contributed by atoms with Crippen molar-refractivity contribution in [2.45, 2.75) is 26.2 Å². The van der Waals surface area contributed by atoms with Crippen molar-refractivity contribution in [1.29, 1.82) is 0 Å². The lowest BCUT2D eigenvalue weighted by molar-refractivity contribution is -0.116. The minimum atomic E-state index is 0.0709. The molecule has 112 valence electrons. The molecule has 0 spiro atoms. The number of hydrogen-bond donors (Lipinski definition) is 2. The van der Waals surface area contributed by atoms with E-state index in [4.69, 9.17) is 0 Å². The number of fused-ring (bicyclic) bond motifs is 1. The number of carbonyl (C=O) groups is 1. The van der Waals surface area contributed by atoms with Crippen LogP contribution in [0.2, 0.25) is 0 Å². The fraction of sp³-hybridized carbons (Fsp3) is 0.211. The maximum absolute atomic E-state index is 12.0. The zero-order valence-corrected chi connectivity index (χ0v) is 12.7. The van der Waals surface area contributed by atoms with Crippen LogP contribution in [0.25, 0.3) is 10.9 Å². The summed E-state index contributed by atoms with van der Waals surface area (Å²) >= 11 is 0. The van der Waals surface area contributed by atoms with E-state index in [0.29, 0.717) is 6.42 Å². The SMILES string of the molecule is CCCC(=O)Nc1c(Cc2ccccc2)[nH]c2ccccc12. The Morgan fingerprint density at radius 1 is 1.05 bits per heavy atom. The maximum Gasteiger partial charge on any atom is 0.224 e. The zero-order chi connectivity index (χ0) is 15.4. The van der Waals surface area contributed by atoms with Crippen molar-refractivity contribution < 1.29 is 4.79 Å². The predicted molar refractivity (Wildman–Crippen MR) is 91.1 cm³/mol. The van der Waals surface area contributed by atoms with Gasteiger partial charge in [0.25, 0.3) is 0 Å². The Morgan fingerprint density at radius 3 is 2.55 bits per heavy atom. The minimum Gasteiger partial charge on any atom is -0.356 e. The number of hydrogen-bond acceptors (Lipinski definition) is 1. The Bertz CT molecular complexity index is 774. The van der Waals surface area contributed by atoms with Gasteiger partial charge in [-0.3, -0.25) is 4.79 Å². The van der Waals surface area contributed by atoms with Crippen LogP contribution in [0.4, 0.5) is 5.69 Å². The van der Waals surface area contributed by atoms with Gasteiger partial charge in [0.15, 0.2) is 0 Å². The summed E-state index contributed by atoms with van der Waals surface area (Å²) in [5.74, 6) is 0.0709. The van der Waals surface area contributed by atoms with Gasteiger partial charge in [0.05, 0.1) is 5.69 Å². The lowest BCUT2D eigenvalue weighted by atomic mass is 10.1. The molecule has 2 N–H and O–H groups in total. The van der Waals surface area contributed by atoms with Crippen molar-refractivity contribution in [1.82, 2.24) is 4.98 Å². The first-order valence-corrected chi connectivity index (χ1v) is 7.71. The molecule has 2 aromatic carbocycles. The van der Waals surface area contributed by atoms with Crippen LogP contribution in [-0.4, -0.2) is 10.9 Å². The molecule has 0 aliphatic rings. The zero-order valence-electron chi connectivity index (χ0n) is 12.7. The number of aromatic amines is 1.